The summed E-state index contributed by atoms with van der Waals surface area (Å²) in [6.45, 7) is 4.89. The Morgan fingerprint density at radius 1 is 1.19 bits per heavy atom. The molecule has 0 atom stereocenters. The molecular weight excluding hydrogens is 198 g/mol. The molecule has 0 amide bonds. The summed E-state index contributed by atoms with van der Waals surface area (Å²) in [4.78, 5) is 8.26. The van der Waals surface area contributed by atoms with Crippen LogP contribution in [0.5, 0.6) is 0 Å². The maximum atomic E-state index is 4.22. The molecule has 0 fully saturated rings. The van der Waals surface area contributed by atoms with E-state index < -0.39 is 0 Å². The van der Waals surface area contributed by atoms with Crippen molar-refractivity contribution < 1.29 is 0 Å². The molecule has 0 saturated carbocycles. The van der Waals surface area contributed by atoms with E-state index in [1.54, 1.807) is 18.6 Å². The predicted octanol–water partition coefficient (Wildman–Crippen LogP) is 2.71. The zero-order chi connectivity index (χ0) is 11.4. The molecule has 0 aliphatic carbocycles. The van der Waals surface area contributed by atoms with Gasteiger partial charge in [-0.1, -0.05) is 12.1 Å². The van der Waals surface area contributed by atoms with Gasteiger partial charge in [-0.2, -0.15) is 0 Å². The van der Waals surface area contributed by atoms with E-state index in [0.29, 0.717) is 6.54 Å². The molecule has 3 heteroatoms. The Balaban J connectivity index is 2.08. The number of nitrogens with zero attached hydrogens (tertiary/aromatic N) is 2. The Bertz CT molecular complexity index is 466. The van der Waals surface area contributed by atoms with Gasteiger partial charge < -0.3 is 5.32 Å². The first-order chi connectivity index (χ1) is 7.75. The monoisotopic (exact) mass is 213 g/mol. The Kier molecular flexibility index (Phi) is 3.15. The molecule has 0 spiro atoms. The highest BCUT2D eigenvalue weighted by Crippen LogP contribution is 2.16. The minimum absolute atomic E-state index is 0.706. The van der Waals surface area contributed by atoms with Crippen molar-refractivity contribution in [1.29, 1.82) is 0 Å². The lowest BCUT2D eigenvalue weighted by Gasteiger charge is -2.09. The molecule has 1 aromatic heterocycles. The van der Waals surface area contributed by atoms with Crippen molar-refractivity contribution in [2.75, 3.05) is 5.32 Å². The molecule has 0 aliphatic heterocycles. The molecule has 82 valence electrons. The average molecular weight is 213 g/mol. The third-order valence-corrected chi connectivity index (χ3v) is 2.47. The van der Waals surface area contributed by atoms with E-state index in [4.69, 9.17) is 0 Å². The van der Waals surface area contributed by atoms with E-state index in [1.165, 1.54) is 11.1 Å². The van der Waals surface area contributed by atoms with Gasteiger partial charge >= 0.3 is 0 Å². The van der Waals surface area contributed by atoms with Crippen molar-refractivity contribution in [3.63, 3.8) is 0 Å². The molecule has 0 radical (unpaired) electrons. The summed E-state index contributed by atoms with van der Waals surface area (Å²) in [5.41, 5.74) is 4.61. The normalized spacial score (nSPS) is 10.1. The van der Waals surface area contributed by atoms with Crippen LogP contribution < -0.4 is 5.32 Å². The zero-order valence-electron chi connectivity index (χ0n) is 9.57. The molecule has 2 aromatic rings. The van der Waals surface area contributed by atoms with Crippen LogP contribution in [0.15, 0.2) is 36.8 Å². The maximum Gasteiger partial charge on any atom is 0.0777 e. The van der Waals surface area contributed by atoms with E-state index in [0.717, 1.165) is 11.4 Å². The van der Waals surface area contributed by atoms with Gasteiger partial charge in [0.05, 0.1) is 18.4 Å². The molecule has 0 aliphatic rings. The fourth-order valence-corrected chi connectivity index (χ4v) is 1.53. The van der Waals surface area contributed by atoms with Crippen molar-refractivity contribution in [2.45, 2.75) is 20.4 Å². The van der Waals surface area contributed by atoms with Gasteiger partial charge in [-0.05, 0) is 31.0 Å². The average Bonchev–Trinajstić information content (AvgIpc) is 2.32. The second-order valence-corrected chi connectivity index (χ2v) is 3.87. The third kappa shape index (κ3) is 2.57. The summed E-state index contributed by atoms with van der Waals surface area (Å²) >= 11 is 0. The molecular formula is C13H15N3. The summed E-state index contributed by atoms with van der Waals surface area (Å²) in [5, 5.41) is 3.37. The second kappa shape index (κ2) is 4.75. The second-order valence-electron chi connectivity index (χ2n) is 3.87. The molecule has 3 nitrogen and oxygen atoms in total. The van der Waals surface area contributed by atoms with E-state index >= 15 is 0 Å². The predicted molar refractivity (Wildman–Crippen MR) is 65.3 cm³/mol. The fraction of sp³-hybridized carbons (Fsp3) is 0.231. The minimum atomic E-state index is 0.706. The molecule has 0 unspecified atom stereocenters. The summed E-state index contributed by atoms with van der Waals surface area (Å²) in [6, 6.07) is 6.38. The largest absolute Gasteiger partial charge is 0.379 e. The van der Waals surface area contributed by atoms with Crippen LogP contribution in [-0.2, 0) is 6.54 Å². The van der Waals surface area contributed by atoms with Gasteiger partial charge in [0.25, 0.3) is 0 Å². The highest BCUT2D eigenvalue weighted by atomic mass is 14.9. The van der Waals surface area contributed by atoms with Gasteiger partial charge in [-0.15, -0.1) is 0 Å². The van der Waals surface area contributed by atoms with Crippen LogP contribution >= 0.6 is 0 Å². The van der Waals surface area contributed by atoms with Gasteiger partial charge in [0.2, 0.25) is 0 Å². The lowest BCUT2D eigenvalue weighted by atomic mass is 10.1. The molecule has 1 heterocycles. The maximum absolute atomic E-state index is 4.22. The van der Waals surface area contributed by atoms with E-state index in [9.17, 15) is 0 Å². The third-order valence-electron chi connectivity index (χ3n) is 2.47. The Morgan fingerprint density at radius 3 is 2.81 bits per heavy atom. The minimum Gasteiger partial charge on any atom is -0.379 e. The number of nitrogens with one attached hydrogen (secondary N) is 1. The van der Waals surface area contributed by atoms with Crippen molar-refractivity contribution >= 4 is 5.69 Å². The fourth-order valence-electron chi connectivity index (χ4n) is 1.53. The van der Waals surface area contributed by atoms with E-state index in [2.05, 4.69) is 47.3 Å². The lowest BCUT2D eigenvalue weighted by molar-refractivity contribution is 1.01. The van der Waals surface area contributed by atoms with Crippen LogP contribution in [0.3, 0.4) is 0 Å². The zero-order valence-corrected chi connectivity index (χ0v) is 9.57. The first kappa shape index (κ1) is 10.6. The van der Waals surface area contributed by atoms with Gasteiger partial charge in [-0.25, -0.2) is 0 Å². The van der Waals surface area contributed by atoms with Gasteiger partial charge in [-0.3, -0.25) is 9.97 Å². The number of benzene rings is 1. The van der Waals surface area contributed by atoms with Gasteiger partial charge in [0, 0.05) is 18.1 Å². The molecule has 2 rings (SSSR count). The topological polar surface area (TPSA) is 37.8 Å². The number of rotatable bonds is 3. The summed E-state index contributed by atoms with van der Waals surface area (Å²) in [5.74, 6) is 0. The molecule has 0 saturated heterocycles. The van der Waals surface area contributed by atoms with Crippen LogP contribution in [0.1, 0.15) is 16.8 Å². The number of aryl methyl sites for hydroxylation is 2. The SMILES string of the molecule is Cc1ccc(C)c(NCc2cnccn2)c1. The number of hydrogen-bond acceptors (Lipinski definition) is 3. The number of anilines is 1. The molecule has 1 aromatic carbocycles. The summed E-state index contributed by atoms with van der Waals surface area (Å²) in [6.07, 6.45) is 5.17. The molecule has 16 heavy (non-hydrogen) atoms. The van der Waals surface area contributed by atoms with Crippen LogP contribution in [0.2, 0.25) is 0 Å². The number of hydrogen-bond donors (Lipinski definition) is 1. The summed E-state index contributed by atoms with van der Waals surface area (Å²) < 4.78 is 0. The Hall–Kier alpha value is -1.90. The van der Waals surface area contributed by atoms with Gasteiger partial charge in [0.1, 0.15) is 0 Å². The number of aromatic nitrogens is 2. The standard InChI is InChI=1S/C13H15N3/c1-10-3-4-11(2)13(7-10)16-9-12-8-14-5-6-15-12/h3-8,16H,9H2,1-2H3. The van der Waals surface area contributed by atoms with Crippen molar-refractivity contribution in [3.8, 4) is 0 Å². The summed E-state index contributed by atoms with van der Waals surface area (Å²) in [7, 11) is 0. The van der Waals surface area contributed by atoms with Crippen LogP contribution in [0, 0.1) is 13.8 Å². The smallest absolute Gasteiger partial charge is 0.0777 e. The van der Waals surface area contributed by atoms with E-state index in [1.807, 2.05) is 0 Å². The van der Waals surface area contributed by atoms with E-state index in [-0.39, 0.29) is 0 Å². The van der Waals surface area contributed by atoms with Crippen LogP contribution in [-0.4, -0.2) is 9.97 Å². The van der Waals surface area contributed by atoms with Crippen LogP contribution in [0.25, 0.3) is 0 Å². The van der Waals surface area contributed by atoms with Crippen molar-refractivity contribution in [3.05, 3.63) is 53.6 Å². The molecule has 1 N–H and O–H groups in total. The van der Waals surface area contributed by atoms with Crippen LogP contribution in [0.4, 0.5) is 5.69 Å². The highest BCUT2D eigenvalue weighted by Gasteiger charge is 1.99. The van der Waals surface area contributed by atoms with Crippen molar-refractivity contribution in [2.24, 2.45) is 0 Å². The Labute approximate surface area is 95.6 Å². The van der Waals surface area contributed by atoms with Gasteiger partial charge in [0.15, 0.2) is 0 Å². The first-order valence-electron chi connectivity index (χ1n) is 5.32. The lowest BCUT2D eigenvalue weighted by Crippen LogP contribution is -2.03. The first-order valence-corrected chi connectivity index (χ1v) is 5.32. The van der Waals surface area contributed by atoms with Crippen molar-refractivity contribution in [1.82, 2.24) is 9.97 Å². The Morgan fingerprint density at radius 2 is 2.06 bits per heavy atom. The quantitative estimate of drug-likeness (QED) is 0.851. The molecule has 0 bridgehead atoms. The highest BCUT2D eigenvalue weighted by molar-refractivity contribution is 5.52.